The Morgan fingerprint density at radius 2 is 1.91 bits per heavy atom. The molecule has 1 aliphatic heterocycles. The van der Waals surface area contributed by atoms with E-state index in [1.54, 1.807) is 13.2 Å². The molecule has 2 aliphatic rings. The number of benzene rings is 2. The quantitative estimate of drug-likeness (QED) is 0.871. The zero-order valence-electron chi connectivity index (χ0n) is 13.6. The van der Waals surface area contributed by atoms with E-state index in [2.05, 4.69) is 31.2 Å². The van der Waals surface area contributed by atoms with Gasteiger partial charge in [0.1, 0.15) is 11.9 Å². The summed E-state index contributed by atoms with van der Waals surface area (Å²) in [7, 11) is 1.63. The highest BCUT2D eigenvalue weighted by molar-refractivity contribution is 5.55. The van der Waals surface area contributed by atoms with Gasteiger partial charge in [-0.1, -0.05) is 36.2 Å². The van der Waals surface area contributed by atoms with Crippen molar-refractivity contribution in [3.05, 3.63) is 53.1 Å². The molecule has 1 fully saturated rings. The maximum atomic E-state index is 10.00. The van der Waals surface area contributed by atoms with Gasteiger partial charge in [0, 0.05) is 17.5 Å². The predicted octanol–water partition coefficient (Wildman–Crippen LogP) is 4.73. The fraction of sp³-hybridized carbons (Fsp3) is 0.400. The third-order valence-corrected chi connectivity index (χ3v) is 5.30. The molecule has 0 unspecified atom stereocenters. The van der Waals surface area contributed by atoms with Crippen LogP contribution >= 0.6 is 0 Å². The van der Waals surface area contributed by atoms with Crippen LogP contribution in [0.3, 0.4) is 0 Å². The van der Waals surface area contributed by atoms with Crippen LogP contribution in [-0.2, 0) is 0 Å². The Kier molecular flexibility index (Phi) is 3.44. The summed E-state index contributed by atoms with van der Waals surface area (Å²) in [6, 6.07) is 12.1. The van der Waals surface area contributed by atoms with E-state index in [1.807, 2.05) is 6.07 Å². The molecule has 0 spiro atoms. The predicted molar refractivity (Wildman–Crippen MR) is 89.3 cm³/mol. The van der Waals surface area contributed by atoms with Crippen molar-refractivity contribution in [2.75, 3.05) is 7.11 Å². The number of aromatic hydroxyl groups is 1. The second-order valence-electron chi connectivity index (χ2n) is 6.72. The Morgan fingerprint density at radius 3 is 2.65 bits per heavy atom. The fourth-order valence-corrected chi connectivity index (χ4v) is 4.18. The minimum absolute atomic E-state index is 0.0639. The van der Waals surface area contributed by atoms with Crippen molar-refractivity contribution >= 4 is 0 Å². The van der Waals surface area contributed by atoms with Gasteiger partial charge in [0.05, 0.1) is 7.11 Å². The summed E-state index contributed by atoms with van der Waals surface area (Å²) in [6.45, 7) is 2.10. The van der Waals surface area contributed by atoms with Crippen molar-refractivity contribution in [3.63, 3.8) is 0 Å². The second-order valence-corrected chi connectivity index (χ2v) is 6.72. The molecule has 1 saturated carbocycles. The topological polar surface area (TPSA) is 38.7 Å². The van der Waals surface area contributed by atoms with Crippen LogP contribution in [0.1, 0.15) is 48.0 Å². The van der Waals surface area contributed by atoms with E-state index in [1.165, 1.54) is 24.0 Å². The van der Waals surface area contributed by atoms with Gasteiger partial charge in [0.25, 0.3) is 0 Å². The normalized spacial score (nSPS) is 25.4. The number of phenols is 1. The van der Waals surface area contributed by atoms with Crippen LogP contribution in [0.5, 0.6) is 17.2 Å². The average molecular weight is 310 g/mol. The lowest BCUT2D eigenvalue weighted by Crippen LogP contribution is -2.27. The molecule has 4 rings (SSSR count). The monoisotopic (exact) mass is 310 g/mol. The SMILES string of the molecule is COc1cc(O)cc2c1O[C@H](c1ccc(C)cc1)[C@@H]1CCC[C@H]21. The largest absolute Gasteiger partial charge is 0.508 e. The van der Waals surface area contributed by atoms with E-state index in [-0.39, 0.29) is 11.9 Å². The summed E-state index contributed by atoms with van der Waals surface area (Å²) in [6.07, 6.45) is 3.59. The van der Waals surface area contributed by atoms with E-state index in [9.17, 15) is 5.11 Å². The van der Waals surface area contributed by atoms with Crippen molar-refractivity contribution < 1.29 is 14.6 Å². The highest BCUT2D eigenvalue weighted by atomic mass is 16.5. The van der Waals surface area contributed by atoms with Gasteiger partial charge >= 0.3 is 0 Å². The molecule has 1 aliphatic carbocycles. The number of methoxy groups -OCH3 is 1. The van der Waals surface area contributed by atoms with Gasteiger partial charge in [-0.2, -0.15) is 0 Å². The number of aryl methyl sites for hydroxylation is 1. The first-order chi connectivity index (χ1) is 11.2. The number of rotatable bonds is 2. The van der Waals surface area contributed by atoms with Crippen LogP contribution < -0.4 is 9.47 Å². The zero-order chi connectivity index (χ0) is 16.0. The van der Waals surface area contributed by atoms with Crippen molar-refractivity contribution in [1.29, 1.82) is 0 Å². The van der Waals surface area contributed by atoms with Gasteiger partial charge < -0.3 is 14.6 Å². The molecule has 0 aromatic heterocycles. The molecule has 0 saturated heterocycles. The molecule has 0 amide bonds. The molecule has 0 bridgehead atoms. The van der Waals surface area contributed by atoms with Crippen LogP contribution in [0.2, 0.25) is 0 Å². The molecule has 3 heteroatoms. The van der Waals surface area contributed by atoms with Crippen molar-refractivity contribution in [1.82, 2.24) is 0 Å². The number of ether oxygens (including phenoxy) is 2. The fourth-order valence-electron chi connectivity index (χ4n) is 4.18. The first-order valence-corrected chi connectivity index (χ1v) is 8.31. The molecule has 1 heterocycles. The van der Waals surface area contributed by atoms with Gasteiger partial charge in [0.15, 0.2) is 11.5 Å². The van der Waals surface area contributed by atoms with Gasteiger partial charge in [-0.15, -0.1) is 0 Å². The maximum Gasteiger partial charge on any atom is 0.165 e. The molecule has 3 atom stereocenters. The van der Waals surface area contributed by atoms with Gasteiger partial charge in [-0.05, 0) is 37.3 Å². The standard InChI is InChI=1S/C20H22O3/c1-12-6-8-13(9-7-12)19-16-5-3-4-15(16)17-10-14(21)11-18(22-2)20(17)23-19/h6-11,15-16,19,21H,3-5H2,1-2H3/t15-,16+,19+/m0/s1. The molecule has 0 radical (unpaired) electrons. The summed E-state index contributed by atoms with van der Waals surface area (Å²) < 4.78 is 11.9. The van der Waals surface area contributed by atoms with Crippen molar-refractivity contribution in [2.45, 2.75) is 38.2 Å². The van der Waals surface area contributed by atoms with Gasteiger partial charge in [0.2, 0.25) is 0 Å². The minimum atomic E-state index is 0.0639. The number of hydrogen-bond acceptors (Lipinski definition) is 3. The Balaban J connectivity index is 1.81. The molecule has 1 N–H and O–H groups in total. The minimum Gasteiger partial charge on any atom is -0.508 e. The Morgan fingerprint density at radius 1 is 1.13 bits per heavy atom. The molecular formula is C20H22O3. The highest BCUT2D eigenvalue weighted by Crippen LogP contribution is 2.56. The first-order valence-electron chi connectivity index (χ1n) is 8.31. The van der Waals surface area contributed by atoms with Crippen LogP contribution in [-0.4, -0.2) is 12.2 Å². The summed E-state index contributed by atoms with van der Waals surface area (Å²) in [5.74, 6) is 2.59. The Labute approximate surface area is 136 Å². The summed E-state index contributed by atoms with van der Waals surface area (Å²) in [4.78, 5) is 0. The number of fused-ring (bicyclic) bond motifs is 3. The third-order valence-electron chi connectivity index (χ3n) is 5.30. The van der Waals surface area contributed by atoms with E-state index in [0.717, 1.165) is 17.7 Å². The molecule has 2 aromatic rings. The smallest absolute Gasteiger partial charge is 0.165 e. The lowest BCUT2D eigenvalue weighted by Gasteiger charge is -2.37. The van der Waals surface area contributed by atoms with Crippen LogP contribution in [0.15, 0.2) is 36.4 Å². The van der Waals surface area contributed by atoms with Crippen LogP contribution in [0, 0.1) is 12.8 Å². The summed E-state index contributed by atoms with van der Waals surface area (Å²) in [5.41, 5.74) is 3.59. The van der Waals surface area contributed by atoms with E-state index in [0.29, 0.717) is 17.6 Å². The zero-order valence-corrected chi connectivity index (χ0v) is 13.6. The molecule has 2 aromatic carbocycles. The first kappa shape index (κ1) is 14.4. The Hall–Kier alpha value is -2.16. The summed E-state index contributed by atoms with van der Waals surface area (Å²) in [5, 5.41) is 10.00. The van der Waals surface area contributed by atoms with Gasteiger partial charge in [-0.3, -0.25) is 0 Å². The lowest BCUT2D eigenvalue weighted by atomic mass is 9.80. The van der Waals surface area contributed by atoms with Gasteiger partial charge in [-0.25, -0.2) is 0 Å². The van der Waals surface area contributed by atoms with E-state index >= 15 is 0 Å². The van der Waals surface area contributed by atoms with Crippen LogP contribution in [0.25, 0.3) is 0 Å². The molecule has 3 nitrogen and oxygen atoms in total. The maximum absolute atomic E-state index is 10.00. The summed E-state index contributed by atoms with van der Waals surface area (Å²) >= 11 is 0. The van der Waals surface area contributed by atoms with E-state index in [4.69, 9.17) is 9.47 Å². The third kappa shape index (κ3) is 2.35. The number of phenolic OH excluding ortho intramolecular Hbond substituents is 1. The highest BCUT2D eigenvalue weighted by Gasteiger charge is 2.43. The second kappa shape index (κ2) is 5.48. The number of hydrogen-bond donors (Lipinski definition) is 1. The average Bonchev–Trinajstić information content (AvgIpc) is 3.04. The Bertz CT molecular complexity index is 720. The van der Waals surface area contributed by atoms with Crippen LogP contribution in [0.4, 0.5) is 0 Å². The molecular weight excluding hydrogens is 288 g/mol. The molecule has 120 valence electrons. The molecule has 23 heavy (non-hydrogen) atoms. The van der Waals surface area contributed by atoms with Crippen molar-refractivity contribution in [3.8, 4) is 17.2 Å². The lowest BCUT2D eigenvalue weighted by molar-refractivity contribution is 0.0993. The van der Waals surface area contributed by atoms with Crippen molar-refractivity contribution in [2.24, 2.45) is 5.92 Å². The van der Waals surface area contributed by atoms with E-state index < -0.39 is 0 Å².